The van der Waals surface area contributed by atoms with Crippen molar-refractivity contribution >= 4 is 34.8 Å². The molecule has 0 fully saturated rings. The molecular formula is C19H21ClN2O2. The fourth-order valence-electron chi connectivity index (χ4n) is 2.37. The monoisotopic (exact) mass is 344 g/mol. The van der Waals surface area contributed by atoms with E-state index in [-0.39, 0.29) is 18.2 Å². The van der Waals surface area contributed by atoms with E-state index in [9.17, 15) is 9.59 Å². The topological polar surface area (TPSA) is 58.2 Å². The van der Waals surface area contributed by atoms with Crippen LogP contribution < -0.4 is 10.6 Å². The van der Waals surface area contributed by atoms with Crippen LogP contribution in [0.15, 0.2) is 42.5 Å². The van der Waals surface area contributed by atoms with Crippen LogP contribution in [0.2, 0.25) is 5.02 Å². The van der Waals surface area contributed by atoms with Gasteiger partial charge >= 0.3 is 0 Å². The Hall–Kier alpha value is -2.33. The Balaban J connectivity index is 2.06. The molecule has 0 bridgehead atoms. The second kappa shape index (κ2) is 8.50. The predicted molar refractivity (Wildman–Crippen MR) is 98.5 cm³/mol. The summed E-state index contributed by atoms with van der Waals surface area (Å²) in [6, 6.07) is 12.7. The third kappa shape index (κ3) is 5.10. The number of carbonyl (C=O) groups excluding carboxylic acids is 2. The third-order valence-electron chi connectivity index (χ3n) is 3.61. The first-order valence-electron chi connectivity index (χ1n) is 7.93. The molecule has 5 heteroatoms. The lowest BCUT2D eigenvalue weighted by atomic mass is 10.1. The van der Waals surface area contributed by atoms with E-state index in [1.54, 1.807) is 12.1 Å². The van der Waals surface area contributed by atoms with Crippen molar-refractivity contribution in [3.8, 4) is 0 Å². The molecule has 0 atom stereocenters. The molecule has 2 rings (SSSR count). The minimum Gasteiger partial charge on any atom is -0.326 e. The molecule has 0 aromatic heterocycles. The van der Waals surface area contributed by atoms with Crippen molar-refractivity contribution in [2.75, 3.05) is 10.6 Å². The molecule has 24 heavy (non-hydrogen) atoms. The van der Waals surface area contributed by atoms with Crippen LogP contribution in [-0.4, -0.2) is 11.8 Å². The van der Waals surface area contributed by atoms with Gasteiger partial charge in [0, 0.05) is 22.8 Å². The first-order chi connectivity index (χ1) is 11.5. The van der Waals surface area contributed by atoms with Gasteiger partial charge in [-0.25, -0.2) is 0 Å². The van der Waals surface area contributed by atoms with Gasteiger partial charge in [-0.05, 0) is 48.7 Å². The SMILES string of the molecule is CCCC(=O)Nc1cccc(NC(=O)Cc2cccc(Cl)c2)c1C. The van der Waals surface area contributed by atoms with Crippen LogP contribution >= 0.6 is 11.6 Å². The van der Waals surface area contributed by atoms with Gasteiger partial charge in [-0.3, -0.25) is 9.59 Å². The number of benzene rings is 2. The van der Waals surface area contributed by atoms with E-state index < -0.39 is 0 Å². The van der Waals surface area contributed by atoms with Crippen LogP contribution in [0, 0.1) is 6.92 Å². The summed E-state index contributed by atoms with van der Waals surface area (Å²) in [5.41, 5.74) is 3.09. The van der Waals surface area contributed by atoms with E-state index in [4.69, 9.17) is 11.6 Å². The normalized spacial score (nSPS) is 10.3. The Labute approximate surface area is 147 Å². The number of carbonyl (C=O) groups is 2. The van der Waals surface area contributed by atoms with Gasteiger partial charge in [0.25, 0.3) is 0 Å². The summed E-state index contributed by atoms with van der Waals surface area (Å²) < 4.78 is 0. The fraction of sp³-hybridized carbons (Fsp3) is 0.263. The average molecular weight is 345 g/mol. The Morgan fingerprint density at radius 1 is 1.00 bits per heavy atom. The minimum atomic E-state index is -0.127. The van der Waals surface area contributed by atoms with Crippen LogP contribution in [0.25, 0.3) is 0 Å². The van der Waals surface area contributed by atoms with Crippen molar-refractivity contribution in [1.82, 2.24) is 0 Å². The fourth-order valence-corrected chi connectivity index (χ4v) is 2.59. The predicted octanol–water partition coefficient (Wildman–Crippen LogP) is 4.57. The number of hydrogen-bond acceptors (Lipinski definition) is 2. The van der Waals surface area contributed by atoms with Crippen molar-refractivity contribution in [1.29, 1.82) is 0 Å². The van der Waals surface area contributed by atoms with E-state index in [1.165, 1.54) is 0 Å². The molecular weight excluding hydrogens is 324 g/mol. The van der Waals surface area contributed by atoms with Gasteiger partial charge < -0.3 is 10.6 Å². The summed E-state index contributed by atoms with van der Waals surface area (Å²) in [7, 11) is 0. The Morgan fingerprint density at radius 2 is 1.62 bits per heavy atom. The maximum atomic E-state index is 12.2. The molecule has 126 valence electrons. The van der Waals surface area contributed by atoms with E-state index in [2.05, 4.69) is 10.6 Å². The molecule has 0 spiro atoms. The van der Waals surface area contributed by atoms with Crippen molar-refractivity contribution in [3.05, 3.63) is 58.6 Å². The van der Waals surface area contributed by atoms with Crippen LogP contribution in [0.1, 0.15) is 30.9 Å². The van der Waals surface area contributed by atoms with Gasteiger partial charge in [0.05, 0.1) is 6.42 Å². The maximum absolute atomic E-state index is 12.2. The zero-order chi connectivity index (χ0) is 17.5. The van der Waals surface area contributed by atoms with Crippen LogP contribution in [0.4, 0.5) is 11.4 Å². The number of hydrogen-bond donors (Lipinski definition) is 2. The molecule has 4 nitrogen and oxygen atoms in total. The summed E-state index contributed by atoms with van der Waals surface area (Å²) in [6.07, 6.45) is 1.51. The largest absolute Gasteiger partial charge is 0.326 e. The minimum absolute atomic E-state index is 0.0250. The summed E-state index contributed by atoms with van der Waals surface area (Å²) in [4.78, 5) is 24.0. The highest BCUT2D eigenvalue weighted by atomic mass is 35.5. The standard InChI is InChI=1S/C19H21ClN2O2/c1-3-6-18(23)21-16-9-5-10-17(13(16)2)22-19(24)12-14-7-4-8-15(20)11-14/h4-5,7-11H,3,6,12H2,1-2H3,(H,21,23)(H,22,24). The number of amides is 2. The Morgan fingerprint density at radius 3 is 2.25 bits per heavy atom. The molecule has 2 N–H and O–H groups in total. The van der Waals surface area contributed by atoms with Crippen molar-refractivity contribution in [2.45, 2.75) is 33.1 Å². The lowest BCUT2D eigenvalue weighted by Gasteiger charge is -2.13. The average Bonchev–Trinajstić information content (AvgIpc) is 2.51. The highest BCUT2D eigenvalue weighted by molar-refractivity contribution is 6.30. The van der Waals surface area contributed by atoms with Crippen LogP contribution in [-0.2, 0) is 16.0 Å². The first-order valence-corrected chi connectivity index (χ1v) is 8.31. The van der Waals surface area contributed by atoms with Gasteiger partial charge in [0.2, 0.25) is 11.8 Å². The maximum Gasteiger partial charge on any atom is 0.228 e. The quantitative estimate of drug-likeness (QED) is 0.806. The van der Waals surface area contributed by atoms with Gasteiger partial charge in [-0.2, -0.15) is 0 Å². The van der Waals surface area contributed by atoms with Gasteiger partial charge in [-0.1, -0.05) is 36.7 Å². The van der Waals surface area contributed by atoms with E-state index in [1.807, 2.05) is 44.2 Å². The second-order valence-corrected chi connectivity index (χ2v) is 6.07. The number of halogens is 1. The number of rotatable bonds is 6. The second-order valence-electron chi connectivity index (χ2n) is 5.63. The lowest BCUT2D eigenvalue weighted by molar-refractivity contribution is -0.116. The summed E-state index contributed by atoms with van der Waals surface area (Å²) in [6.45, 7) is 3.83. The highest BCUT2D eigenvalue weighted by Gasteiger charge is 2.10. The Kier molecular flexibility index (Phi) is 6.38. The zero-order valence-corrected chi connectivity index (χ0v) is 14.6. The van der Waals surface area contributed by atoms with Gasteiger partial charge in [-0.15, -0.1) is 0 Å². The van der Waals surface area contributed by atoms with E-state index >= 15 is 0 Å². The van der Waals surface area contributed by atoms with Crippen molar-refractivity contribution in [3.63, 3.8) is 0 Å². The molecule has 0 aliphatic heterocycles. The summed E-state index contributed by atoms with van der Waals surface area (Å²) in [5.74, 6) is -0.152. The Bertz CT molecular complexity index is 744. The zero-order valence-electron chi connectivity index (χ0n) is 13.9. The summed E-state index contributed by atoms with van der Waals surface area (Å²) >= 11 is 5.94. The van der Waals surface area contributed by atoms with Crippen molar-refractivity contribution < 1.29 is 9.59 Å². The molecule has 0 unspecified atom stereocenters. The molecule has 0 saturated carbocycles. The molecule has 0 radical (unpaired) electrons. The first kappa shape index (κ1) is 18.0. The number of nitrogens with one attached hydrogen (secondary N) is 2. The van der Waals surface area contributed by atoms with E-state index in [0.717, 1.165) is 17.5 Å². The van der Waals surface area contributed by atoms with Gasteiger partial charge in [0.1, 0.15) is 0 Å². The molecule has 0 aliphatic rings. The van der Waals surface area contributed by atoms with Gasteiger partial charge in [0.15, 0.2) is 0 Å². The molecule has 0 heterocycles. The smallest absolute Gasteiger partial charge is 0.228 e. The van der Waals surface area contributed by atoms with Crippen molar-refractivity contribution in [2.24, 2.45) is 0 Å². The van der Waals surface area contributed by atoms with Crippen LogP contribution in [0.5, 0.6) is 0 Å². The molecule has 0 saturated heterocycles. The van der Waals surface area contributed by atoms with Crippen LogP contribution in [0.3, 0.4) is 0 Å². The molecule has 2 aromatic carbocycles. The lowest BCUT2D eigenvalue weighted by Crippen LogP contribution is -2.16. The third-order valence-corrected chi connectivity index (χ3v) is 3.85. The molecule has 2 amide bonds. The number of anilines is 2. The molecule has 2 aromatic rings. The van der Waals surface area contributed by atoms with E-state index in [0.29, 0.717) is 22.8 Å². The highest BCUT2D eigenvalue weighted by Crippen LogP contribution is 2.24. The molecule has 0 aliphatic carbocycles. The summed E-state index contributed by atoms with van der Waals surface area (Å²) in [5, 5.41) is 6.37.